The number of ether oxygens (including phenoxy) is 1. The van der Waals surface area contributed by atoms with E-state index >= 15 is 0 Å². The molecule has 0 aromatic heterocycles. The van der Waals surface area contributed by atoms with Crippen molar-refractivity contribution in [1.29, 1.82) is 0 Å². The Morgan fingerprint density at radius 2 is 2.06 bits per heavy atom. The van der Waals surface area contributed by atoms with Crippen molar-refractivity contribution in [1.82, 2.24) is 5.32 Å². The first kappa shape index (κ1) is 11.1. The summed E-state index contributed by atoms with van der Waals surface area (Å²) in [5.41, 5.74) is 2.60. The lowest BCUT2D eigenvalue weighted by Crippen LogP contribution is -2.19. The van der Waals surface area contributed by atoms with Crippen molar-refractivity contribution >= 4 is 5.57 Å². The highest BCUT2D eigenvalue weighted by Gasteiger charge is 2.05. The molecular weight excluding hydrogens is 205 g/mol. The molecule has 0 unspecified atom stereocenters. The molecule has 0 radical (unpaired) electrons. The van der Waals surface area contributed by atoms with Gasteiger partial charge in [0.2, 0.25) is 0 Å². The van der Waals surface area contributed by atoms with Crippen LogP contribution >= 0.6 is 0 Å². The molecule has 16 heavy (non-hydrogen) atoms. The first-order valence-corrected chi connectivity index (χ1v) is 5.59. The maximum atomic E-state index is 11.9. The average molecular weight is 221 g/mol. The minimum Gasteiger partial charge on any atom is -0.491 e. The highest BCUT2D eigenvalue weighted by atomic mass is 19.1. The molecule has 2 nitrogen and oxygen atoms in total. The van der Waals surface area contributed by atoms with Crippen LogP contribution in [0.3, 0.4) is 0 Å². The third-order valence-corrected chi connectivity index (χ3v) is 2.63. The van der Waals surface area contributed by atoms with Gasteiger partial charge in [0.25, 0.3) is 0 Å². The summed E-state index contributed by atoms with van der Waals surface area (Å²) in [6, 6.07) is 7.86. The topological polar surface area (TPSA) is 21.3 Å². The first-order chi connectivity index (χ1) is 7.90. The van der Waals surface area contributed by atoms with E-state index in [4.69, 9.17) is 4.74 Å². The van der Waals surface area contributed by atoms with Crippen LogP contribution in [0.4, 0.5) is 4.39 Å². The van der Waals surface area contributed by atoms with Crippen LogP contribution < -0.4 is 10.1 Å². The van der Waals surface area contributed by atoms with Gasteiger partial charge in [0.05, 0.1) is 0 Å². The molecule has 86 valence electrons. The monoisotopic (exact) mass is 221 g/mol. The summed E-state index contributed by atoms with van der Waals surface area (Å²) in [5, 5.41) is 3.28. The highest BCUT2D eigenvalue weighted by Crippen LogP contribution is 2.22. The van der Waals surface area contributed by atoms with Crippen molar-refractivity contribution in [3.8, 4) is 5.75 Å². The van der Waals surface area contributed by atoms with Gasteiger partial charge in [0.15, 0.2) is 0 Å². The molecule has 0 spiro atoms. The van der Waals surface area contributed by atoms with Gasteiger partial charge in [-0.2, -0.15) is 0 Å². The Kier molecular flexibility index (Phi) is 3.94. The normalized spacial score (nSPS) is 15.7. The molecule has 1 aromatic rings. The van der Waals surface area contributed by atoms with Crippen LogP contribution in [-0.4, -0.2) is 26.4 Å². The Bertz CT molecular complexity index is 359. The number of benzene rings is 1. The molecule has 0 saturated heterocycles. The SMILES string of the molecule is FCCOc1ccc(C2=CCNCC2)cc1. The zero-order valence-electron chi connectivity index (χ0n) is 9.21. The summed E-state index contributed by atoms with van der Waals surface area (Å²) in [5.74, 6) is 0.732. The predicted octanol–water partition coefficient (Wildman–Crippen LogP) is 2.41. The average Bonchev–Trinajstić information content (AvgIpc) is 2.38. The quantitative estimate of drug-likeness (QED) is 0.843. The Balaban J connectivity index is 2.03. The maximum absolute atomic E-state index is 11.9. The Morgan fingerprint density at radius 3 is 2.69 bits per heavy atom. The van der Waals surface area contributed by atoms with Crippen LogP contribution in [0.5, 0.6) is 5.75 Å². The van der Waals surface area contributed by atoms with E-state index in [0.29, 0.717) is 0 Å². The molecule has 0 aliphatic carbocycles. The second-order valence-electron chi connectivity index (χ2n) is 3.75. The number of alkyl halides is 1. The minimum atomic E-state index is -0.446. The third-order valence-electron chi connectivity index (χ3n) is 2.63. The van der Waals surface area contributed by atoms with Crippen LogP contribution in [0.25, 0.3) is 5.57 Å². The van der Waals surface area contributed by atoms with Gasteiger partial charge in [0, 0.05) is 6.54 Å². The second kappa shape index (κ2) is 5.66. The van der Waals surface area contributed by atoms with E-state index < -0.39 is 6.67 Å². The number of hydrogen-bond acceptors (Lipinski definition) is 2. The number of nitrogens with one attached hydrogen (secondary N) is 1. The number of rotatable bonds is 4. The van der Waals surface area contributed by atoms with Crippen LogP contribution in [0.15, 0.2) is 30.3 Å². The summed E-state index contributed by atoms with van der Waals surface area (Å²) < 4.78 is 17.1. The van der Waals surface area contributed by atoms with Crippen molar-refractivity contribution in [2.45, 2.75) is 6.42 Å². The molecule has 0 saturated carbocycles. The summed E-state index contributed by atoms with van der Waals surface area (Å²) in [6.07, 6.45) is 3.27. The van der Waals surface area contributed by atoms with E-state index in [2.05, 4.69) is 11.4 Å². The first-order valence-electron chi connectivity index (χ1n) is 5.59. The Labute approximate surface area is 95.1 Å². The van der Waals surface area contributed by atoms with Crippen LogP contribution in [0, 0.1) is 0 Å². The van der Waals surface area contributed by atoms with Crippen LogP contribution in [0.2, 0.25) is 0 Å². The van der Waals surface area contributed by atoms with Gasteiger partial charge < -0.3 is 10.1 Å². The van der Waals surface area contributed by atoms with Gasteiger partial charge in [-0.15, -0.1) is 0 Å². The standard InChI is InChI=1S/C13H16FNO/c14-7-10-16-13-3-1-11(2-4-13)12-5-8-15-9-6-12/h1-5,15H,6-10H2. The van der Waals surface area contributed by atoms with Gasteiger partial charge in [-0.05, 0) is 36.2 Å². The molecule has 3 heteroatoms. The Morgan fingerprint density at radius 1 is 1.25 bits per heavy atom. The highest BCUT2D eigenvalue weighted by molar-refractivity contribution is 5.67. The molecule has 1 heterocycles. The summed E-state index contributed by atoms with van der Waals surface area (Å²) in [6.45, 7) is 1.66. The van der Waals surface area contributed by atoms with E-state index in [9.17, 15) is 4.39 Å². The van der Waals surface area contributed by atoms with Gasteiger partial charge in [-0.1, -0.05) is 18.2 Å². The van der Waals surface area contributed by atoms with E-state index in [0.717, 1.165) is 25.3 Å². The lowest BCUT2D eigenvalue weighted by Gasteiger charge is -2.14. The van der Waals surface area contributed by atoms with Gasteiger partial charge >= 0.3 is 0 Å². The van der Waals surface area contributed by atoms with E-state index in [1.54, 1.807) is 0 Å². The molecule has 1 aliphatic heterocycles. The van der Waals surface area contributed by atoms with Crippen molar-refractivity contribution < 1.29 is 9.13 Å². The minimum absolute atomic E-state index is 0.131. The zero-order valence-corrected chi connectivity index (χ0v) is 9.21. The molecule has 0 fully saturated rings. The molecule has 0 bridgehead atoms. The fourth-order valence-corrected chi connectivity index (χ4v) is 1.81. The van der Waals surface area contributed by atoms with Crippen molar-refractivity contribution in [2.75, 3.05) is 26.4 Å². The zero-order chi connectivity index (χ0) is 11.2. The Hall–Kier alpha value is -1.35. The lowest BCUT2D eigenvalue weighted by atomic mass is 10.0. The summed E-state index contributed by atoms with van der Waals surface area (Å²) in [4.78, 5) is 0. The fourth-order valence-electron chi connectivity index (χ4n) is 1.81. The predicted molar refractivity (Wildman–Crippen MR) is 63.4 cm³/mol. The number of halogens is 1. The summed E-state index contributed by atoms with van der Waals surface area (Å²) >= 11 is 0. The van der Waals surface area contributed by atoms with Crippen molar-refractivity contribution in [2.24, 2.45) is 0 Å². The van der Waals surface area contributed by atoms with E-state index in [1.807, 2.05) is 24.3 Å². The molecule has 1 aliphatic rings. The summed E-state index contributed by atoms with van der Waals surface area (Å²) in [7, 11) is 0. The van der Waals surface area contributed by atoms with Crippen LogP contribution in [0.1, 0.15) is 12.0 Å². The smallest absolute Gasteiger partial charge is 0.123 e. The van der Waals surface area contributed by atoms with Gasteiger partial charge in [0.1, 0.15) is 19.0 Å². The molecular formula is C13H16FNO. The maximum Gasteiger partial charge on any atom is 0.123 e. The fraction of sp³-hybridized carbons (Fsp3) is 0.385. The van der Waals surface area contributed by atoms with Crippen LogP contribution in [-0.2, 0) is 0 Å². The molecule has 0 atom stereocenters. The van der Waals surface area contributed by atoms with Gasteiger partial charge in [-0.3, -0.25) is 0 Å². The molecule has 2 rings (SSSR count). The van der Waals surface area contributed by atoms with Crippen molar-refractivity contribution in [3.63, 3.8) is 0 Å². The van der Waals surface area contributed by atoms with E-state index in [-0.39, 0.29) is 6.61 Å². The lowest BCUT2D eigenvalue weighted by molar-refractivity contribution is 0.273. The van der Waals surface area contributed by atoms with E-state index in [1.165, 1.54) is 11.1 Å². The largest absolute Gasteiger partial charge is 0.491 e. The number of hydrogen-bond donors (Lipinski definition) is 1. The molecule has 1 aromatic carbocycles. The molecule has 0 amide bonds. The third kappa shape index (κ3) is 2.83. The van der Waals surface area contributed by atoms with Gasteiger partial charge in [-0.25, -0.2) is 4.39 Å². The van der Waals surface area contributed by atoms with Crippen molar-refractivity contribution in [3.05, 3.63) is 35.9 Å². The second-order valence-corrected chi connectivity index (χ2v) is 3.75. The molecule has 1 N–H and O–H groups in total.